The van der Waals surface area contributed by atoms with Gasteiger partial charge in [-0.3, -0.25) is 4.79 Å². The fourth-order valence-corrected chi connectivity index (χ4v) is 2.14. The Labute approximate surface area is 120 Å². The Morgan fingerprint density at radius 1 is 1.00 bits per heavy atom. The number of hydrogen-bond acceptors (Lipinski definition) is 1. The van der Waals surface area contributed by atoms with Crippen molar-refractivity contribution >= 4 is 5.91 Å². The predicted octanol–water partition coefficient (Wildman–Crippen LogP) is 3.67. The SMILES string of the molecule is Cc1ccc(CCCNC(=O)c2cccc(C)c2)cc1. The second-order valence-corrected chi connectivity index (χ2v) is 5.21. The molecule has 2 heteroatoms. The van der Waals surface area contributed by atoms with Crippen LogP contribution < -0.4 is 5.32 Å². The summed E-state index contributed by atoms with van der Waals surface area (Å²) >= 11 is 0. The van der Waals surface area contributed by atoms with E-state index in [1.165, 1.54) is 11.1 Å². The standard InChI is InChI=1S/C18H21NO/c1-14-8-10-16(11-9-14)6-4-12-19-18(20)17-7-3-5-15(2)13-17/h3,5,7-11,13H,4,6,12H2,1-2H3,(H,19,20). The van der Waals surface area contributed by atoms with Crippen molar-refractivity contribution in [1.82, 2.24) is 5.32 Å². The molecule has 1 amide bonds. The van der Waals surface area contributed by atoms with Crippen molar-refractivity contribution in [2.75, 3.05) is 6.54 Å². The number of carbonyl (C=O) groups is 1. The van der Waals surface area contributed by atoms with Crippen molar-refractivity contribution in [1.29, 1.82) is 0 Å². The molecule has 2 nitrogen and oxygen atoms in total. The van der Waals surface area contributed by atoms with Gasteiger partial charge in [0.2, 0.25) is 0 Å². The maximum absolute atomic E-state index is 11.9. The van der Waals surface area contributed by atoms with Crippen molar-refractivity contribution in [3.63, 3.8) is 0 Å². The fraction of sp³-hybridized carbons (Fsp3) is 0.278. The minimum absolute atomic E-state index is 0.0117. The molecule has 2 aromatic carbocycles. The second kappa shape index (κ2) is 6.90. The maximum Gasteiger partial charge on any atom is 0.251 e. The quantitative estimate of drug-likeness (QED) is 0.823. The molecule has 20 heavy (non-hydrogen) atoms. The first-order valence-corrected chi connectivity index (χ1v) is 7.05. The van der Waals surface area contributed by atoms with Crippen LogP contribution in [0, 0.1) is 13.8 Å². The van der Waals surface area contributed by atoms with Gasteiger partial charge in [-0.05, 0) is 44.4 Å². The molecule has 1 N–H and O–H groups in total. The zero-order valence-corrected chi connectivity index (χ0v) is 12.1. The molecule has 104 valence electrons. The molecule has 0 atom stereocenters. The molecule has 0 fully saturated rings. The van der Waals surface area contributed by atoms with Crippen LogP contribution in [-0.4, -0.2) is 12.5 Å². The average molecular weight is 267 g/mol. The van der Waals surface area contributed by atoms with E-state index < -0.39 is 0 Å². The molecule has 0 saturated carbocycles. The first-order valence-electron chi connectivity index (χ1n) is 7.05. The maximum atomic E-state index is 11.9. The van der Waals surface area contributed by atoms with Gasteiger partial charge in [0.05, 0.1) is 0 Å². The highest BCUT2D eigenvalue weighted by Gasteiger charge is 2.04. The Kier molecular flexibility index (Phi) is 4.94. The Morgan fingerprint density at radius 2 is 1.75 bits per heavy atom. The van der Waals surface area contributed by atoms with Crippen LogP contribution in [0.1, 0.15) is 33.5 Å². The lowest BCUT2D eigenvalue weighted by atomic mass is 10.1. The van der Waals surface area contributed by atoms with Gasteiger partial charge in [-0.2, -0.15) is 0 Å². The lowest BCUT2D eigenvalue weighted by Crippen LogP contribution is -2.24. The van der Waals surface area contributed by atoms with Gasteiger partial charge in [0.15, 0.2) is 0 Å². The fourth-order valence-electron chi connectivity index (χ4n) is 2.14. The van der Waals surface area contributed by atoms with Gasteiger partial charge in [0.25, 0.3) is 5.91 Å². The van der Waals surface area contributed by atoms with Gasteiger partial charge in [0, 0.05) is 12.1 Å². The molecule has 2 rings (SSSR count). The topological polar surface area (TPSA) is 29.1 Å². The number of nitrogens with one attached hydrogen (secondary N) is 1. The summed E-state index contributed by atoms with van der Waals surface area (Å²) < 4.78 is 0. The number of aryl methyl sites for hydroxylation is 3. The Bertz CT molecular complexity index is 572. The highest BCUT2D eigenvalue weighted by molar-refractivity contribution is 5.94. The zero-order valence-electron chi connectivity index (χ0n) is 12.1. The number of carbonyl (C=O) groups excluding carboxylic acids is 1. The van der Waals surface area contributed by atoms with Gasteiger partial charge < -0.3 is 5.32 Å². The third-order valence-electron chi connectivity index (χ3n) is 3.33. The van der Waals surface area contributed by atoms with E-state index in [2.05, 4.69) is 36.5 Å². The van der Waals surface area contributed by atoms with Crippen LogP contribution in [-0.2, 0) is 6.42 Å². The Balaban J connectivity index is 1.76. The summed E-state index contributed by atoms with van der Waals surface area (Å²) in [6, 6.07) is 16.2. The molecule has 0 radical (unpaired) electrons. The third kappa shape index (κ3) is 4.23. The minimum atomic E-state index is 0.0117. The summed E-state index contributed by atoms with van der Waals surface area (Å²) in [5.41, 5.74) is 4.44. The molecule has 2 aromatic rings. The van der Waals surface area contributed by atoms with Crippen LogP contribution >= 0.6 is 0 Å². The van der Waals surface area contributed by atoms with Crippen LogP contribution in [0.2, 0.25) is 0 Å². The summed E-state index contributed by atoms with van der Waals surface area (Å²) in [5.74, 6) is 0.0117. The van der Waals surface area contributed by atoms with Gasteiger partial charge >= 0.3 is 0 Å². The molecule has 0 aliphatic heterocycles. The van der Waals surface area contributed by atoms with Crippen molar-refractivity contribution < 1.29 is 4.79 Å². The molecule has 0 unspecified atom stereocenters. The van der Waals surface area contributed by atoms with E-state index in [4.69, 9.17) is 0 Å². The molecular formula is C18H21NO. The predicted molar refractivity (Wildman–Crippen MR) is 83.0 cm³/mol. The molecule has 0 aliphatic rings. The Hall–Kier alpha value is -2.09. The van der Waals surface area contributed by atoms with Gasteiger partial charge in [-0.25, -0.2) is 0 Å². The molecule has 0 spiro atoms. The number of rotatable bonds is 5. The normalized spacial score (nSPS) is 10.3. The van der Waals surface area contributed by atoms with E-state index in [-0.39, 0.29) is 5.91 Å². The monoisotopic (exact) mass is 267 g/mol. The molecule has 0 saturated heterocycles. The molecule has 0 aliphatic carbocycles. The summed E-state index contributed by atoms with van der Waals surface area (Å²) in [4.78, 5) is 11.9. The first-order chi connectivity index (χ1) is 9.65. The van der Waals surface area contributed by atoms with E-state index in [0.29, 0.717) is 6.54 Å². The summed E-state index contributed by atoms with van der Waals surface area (Å²) in [6.45, 7) is 4.79. The average Bonchev–Trinajstić information content (AvgIpc) is 2.45. The zero-order chi connectivity index (χ0) is 14.4. The van der Waals surface area contributed by atoms with Gasteiger partial charge in [0.1, 0.15) is 0 Å². The van der Waals surface area contributed by atoms with Crippen LogP contribution in [0.3, 0.4) is 0 Å². The van der Waals surface area contributed by atoms with E-state index in [1.54, 1.807) is 0 Å². The van der Waals surface area contributed by atoms with Crippen LogP contribution in [0.15, 0.2) is 48.5 Å². The third-order valence-corrected chi connectivity index (χ3v) is 3.33. The summed E-state index contributed by atoms with van der Waals surface area (Å²) in [6.07, 6.45) is 1.95. The largest absolute Gasteiger partial charge is 0.352 e. The smallest absolute Gasteiger partial charge is 0.251 e. The van der Waals surface area contributed by atoms with E-state index >= 15 is 0 Å². The minimum Gasteiger partial charge on any atom is -0.352 e. The van der Waals surface area contributed by atoms with Crippen LogP contribution in [0.5, 0.6) is 0 Å². The number of amides is 1. The van der Waals surface area contributed by atoms with Crippen LogP contribution in [0.25, 0.3) is 0 Å². The lowest BCUT2D eigenvalue weighted by molar-refractivity contribution is 0.0953. The van der Waals surface area contributed by atoms with Crippen molar-refractivity contribution in [2.45, 2.75) is 26.7 Å². The van der Waals surface area contributed by atoms with E-state index in [1.807, 2.05) is 31.2 Å². The number of hydrogen-bond donors (Lipinski definition) is 1. The molecule has 0 heterocycles. The van der Waals surface area contributed by atoms with Gasteiger partial charge in [-0.15, -0.1) is 0 Å². The van der Waals surface area contributed by atoms with Crippen molar-refractivity contribution in [2.24, 2.45) is 0 Å². The molecular weight excluding hydrogens is 246 g/mol. The van der Waals surface area contributed by atoms with Gasteiger partial charge in [-0.1, -0.05) is 47.5 Å². The first kappa shape index (κ1) is 14.3. The van der Waals surface area contributed by atoms with Crippen LogP contribution in [0.4, 0.5) is 0 Å². The molecule has 0 aromatic heterocycles. The second-order valence-electron chi connectivity index (χ2n) is 5.21. The molecule has 0 bridgehead atoms. The van der Waals surface area contributed by atoms with E-state index in [9.17, 15) is 4.79 Å². The highest BCUT2D eigenvalue weighted by Crippen LogP contribution is 2.06. The Morgan fingerprint density at radius 3 is 2.45 bits per heavy atom. The summed E-state index contributed by atoms with van der Waals surface area (Å²) in [5, 5.41) is 2.97. The lowest BCUT2D eigenvalue weighted by Gasteiger charge is -2.06. The van der Waals surface area contributed by atoms with E-state index in [0.717, 1.165) is 24.0 Å². The van der Waals surface area contributed by atoms with Crippen molar-refractivity contribution in [3.05, 3.63) is 70.8 Å². The highest BCUT2D eigenvalue weighted by atomic mass is 16.1. The summed E-state index contributed by atoms with van der Waals surface area (Å²) in [7, 11) is 0. The van der Waals surface area contributed by atoms with Crippen molar-refractivity contribution in [3.8, 4) is 0 Å². The number of benzene rings is 2.